The third-order valence-electron chi connectivity index (χ3n) is 3.67. The van der Waals surface area contributed by atoms with Gasteiger partial charge >= 0.3 is 5.97 Å². The van der Waals surface area contributed by atoms with Gasteiger partial charge in [0.1, 0.15) is 0 Å². The second-order valence-corrected chi connectivity index (χ2v) is 5.49. The molecule has 1 aliphatic rings. The van der Waals surface area contributed by atoms with Crippen LogP contribution in [0.5, 0.6) is 11.5 Å². The number of ether oxygens (including phenoxy) is 2. The van der Waals surface area contributed by atoms with E-state index in [1.165, 1.54) is 6.07 Å². The number of amides is 1. The zero-order valence-corrected chi connectivity index (χ0v) is 13.2. The Kier molecular flexibility index (Phi) is 4.37. The molecule has 0 saturated heterocycles. The van der Waals surface area contributed by atoms with Gasteiger partial charge in [0.25, 0.3) is 5.91 Å². The summed E-state index contributed by atoms with van der Waals surface area (Å²) in [6.07, 6.45) is 0.733. The molecule has 0 unspecified atom stereocenters. The molecular weight excluding hydrogens is 310 g/mol. The van der Waals surface area contributed by atoms with Crippen molar-refractivity contribution in [3.63, 3.8) is 0 Å². The first-order chi connectivity index (χ1) is 11.6. The van der Waals surface area contributed by atoms with Crippen LogP contribution >= 0.6 is 0 Å². The third kappa shape index (κ3) is 3.17. The van der Waals surface area contributed by atoms with Gasteiger partial charge in [0.05, 0.1) is 30.0 Å². The quantitative estimate of drug-likeness (QED) is 0.905. The monoisotopic (exact) mass is 327 g/mol. The Morgan fingerprint density at radius 1 is 1.08 bits per heavy atom. The number of carboxylic acid groups (broad SMARTS) is 1. The topological polar surface area (TPSA) is 84.9 Å². The Hall–Kier alpha value is -3.02. The van der Waals surface area contributed by atoms with Crippen LogP contribution in [0.1, 0.15) is 32.7 Å². The van der Waals surface area contributed by atoms with Gasteiger partial charge in [-0.1, -0.05) is 17.7 Å². The average Bonchev–Trinajstić information content (AvgIpc) is 2.81. The van der Waals surface area contributed by atoms with Crippen molar-refractivity contribution in [2.45, 2.75) is 13.3 Å². The number of aryl methyl sites for hydroxylation is 1. The molecule has 0 bridgehead atoms. The number of carbonyl (C=O) groups excluding carboxylic acids is 1. The number of fused-ring (bicyclic) bond motifs is 1. The number of hydrogen-bond acceptors (Lipinski definition) is 4. The van der Waals surface area contributed by atoms with Crippen molar-refractivity contribution < 1.29 is 24.2 Å². The van der Waals surface area contributed by atoms with E-state index < -0.39 is 11.9 Å². The van der Waals surface area contributed by atoms with Crippen molar-refractivity contribution in [2.24, 2.45) is 0 Å². The van der Waals surface area contributed by atoms with Crippen LogP contribution in [0, 0.1) is 6.92 Å². The van der Waals surface area contributed by atoms with Crippen molar-refractivity contribution in [2.75, 3.05) is 18.5 Å². The molecule has 3 rings (SSSR count). The number of carbonyl (C=O) groups is 2. The van der Waals surface area contributed by atoms with E-state index in [0.29, 0.717) is 30.3 Å². The van der Waals surface area contributed by atoms with Gasteiger partial charge in [0, 0.05) is 6.42 Å². The minimum atomic E-state index is -1.10. The third-order valence-corrected chi connectivity index (χ3v) is 3.67. The maximum absolute atomic E-state index is 12.6. The zero-order chi connectivity index (χ0) is 17.1. The van der Waals surface area contributed by atoms with Crippen molar-refractivity contribution in [3.05, 3.63) is 53.1 Å². The molecule has 0 aliphatic carbocycles. The fourth-order valence-electron chi connectivity index (χ4n) is 2.51. The van der Waals surface area contributed by atoms with E-state index in [4.69, 9.17) is 9.47 Å². The predicted octanol–water partition coefficient (Wildman–Crippen LogP) is 3.11. The van der Waals surface area contributed by atoms with Crippen LogP contribution in [-0.2, 0) is 0 Å². The molecule has 0 fully saturated rings. The Morgan fingerprint density at radius 3 is 2.67 bits per heavy atom. The number of nitrogens with one attached hydrogen (secondary N) is 1. The van der Waals surface area contributed by atoms with E-state index in [-0.39, 0.29) is 11.3 Å². The van der Waals surface area contributed by atoms with Crippen LogP contribution < -0.4 is 14.8 Å². The van der Waals surface area contributed by atoms with Gasteiger partial charge in [0.15, 0.2) is 11.5 Å². The number of para-hydroxylation sites is 1. The Balaban J connectivity index is 1.93. The van der Waals surface area contributed by atoms with Crippen LogP contribution in [0.4, 0.5) is 5.69 Å². The Labute approximate surface area is 139 Å². The number of rotatable bonds is 3. The number of carboxylic acids is 1. The molecule has 1 aliphatic heterocycles. The standard InChI is InChI=1S/C18H17NO5/c1-11-6-7-14(13(10-11)18(21)22)19-17(20)12-4-2-5-15-16(12)24-9-3-8-23-15/h2,4-7,10H,3,8-9H2,1H3,(H,19,20)(H,21,22). The van der Waals surface area contributed by atoms with Crippen LogP contribution in [0.3, 0.4) is 0 Å². The molecule has 1 heterocycles. The highest BCUT2D eigenvalue weighted by Gasteiger charge is 2.21. The van der Waals surface area contributed by atoms with Gasteiger partial charge < -0.3 is 19.9 Å². The molecule has 1 amide bonds. The van der Waals surface area contributed by atoms with Crippen LogP contribution in [-0.4, -0.2) is 30.2 Å². The summed E-state index contributed by atoms with van der Waals surface area (Å²) in [7, 11) is 0. The lowest BCUT2D eigenvalue weighted by atomic mass is 10.1. The summed E-state index contributed by atoms with van der Waals surface area (Å²) in [6, 6.07) is 9.91. The summed E-state index contributed by atoms with van der Waals surface area (Å²) >= 11 is 0. The van der Waals surface area contributed by atoms with Crippen molar-refractivity contribution >= 4 is 17.6 Å². The lowest BCUT2D eigenvalue weighted by molar-refractivity contribution is 0.0698. The molecule has 2 aromatic rings. The maximum atomic E-state index is 12.6. The van der Waals surface area contributed by atoms with E-state index in [1.54, 1.807) is 37.3 Å². The molecule has 6 heteroatoms. The first-order valence-electron chi connectivity index (χ1n) is 7.60. The van der Waals surface area contributed by atoms with E-state index in [2.05, 4.69) is 5.32 Å². The molecule has 124 valence electrons. The SMILES string of the molecule is Cc1ccc(NC(=O)c2cccc3c2OCCCO3)c(C(=O)O)c1. The predicted molar refractivity (Wildman–Crippen MR) is 88.1 cm³/mol. The summed E-state index contributed by atoms with van der Waals surface area (Å²) in [5, 5.41) is 12.0. The average molecular weight is 327 g/mol. The Bertz CT molecular complexity index is 800. The van der Waals surface area contributed by atoms with E-state index >= 15 is 0 Å². The van der Waals surface area contributed by atoms with Crippen LogP contribution in [0.25, 0.3) is 0 Å². The Morgan fingerprint density at radius 2 is 1.88 bits per heavy atom. The van der Waals surface area contributed by atoms with Crippen LogP contribution in [0.15, 0.2) is 36.4 Å². The van der Waals surface area contributed by atoms with E-state index in [1.807, 2.05) is 0 Å². The maximum Gasteiger partial charge on any atom is 0.337 e. The second kappa shape index (κ2) is 6.62. The molecular formula is C18H17NO5. The van der Waals surface area contributed by atoms with Gasteiger partial charge in [-0.05, 0) is 31.2 Å². The lowest BCUT2D eigenvalue weighted by Gasteiger charge is -2.13. The smallest absolute Gasteiger partial charge is 0.337 e. The highest BCUT2D eigenvalue weighted by atomic mass is 16.5. The van der Waals surface area contributed by atoms with Gasteiger partial charge in [-0.3, -0.25) is 4.79 Å². The molecule has 2 aromatic carbocycles. The van der Waals surface area contributed by atoms with E-state index in [0.717, 1.165) is 12.0 Å². The molecule has 0 radical (unpaired) electrons. The lowest BCUT2D eigenvalue weighted by Crippen LogP contribution is -2.16. The molecule has 0 aromatic heterocycles. The first-order valence-corrected chi connectivity index (χ1v) is 7.60. The fourth-order valence-corrected chi connectivity index (χ4v) is 2.51. The van der Waals surface area contributed by atoms with Crippen LogP contribution in [0.2, 0.25) is 0 Å². The molecule has 0 spiro atoms. The van der Waals surface area contributed by atoms with Gasteiger partial charge in [-0.2, -0.15) is 0 Å². The minimum Gasteiger partial charge on any atom is -0.490 e. The zero-order valence-electron chi connectivity index (χ0n) is 13.2. The van der Waals surface area contributed by atoms with Crippen molar-refractivity contribution in [1.29, 1.82) is 0 Å². The summed E-state index contributed by atoms with van der Waals surface area (Å²) in [4.78, 5) is 24.0. The van der Waals surface area contributed by atoms with Gasteiger partial charge in [0.2, 0.25) is 0 Å². The number of aromatic carboxylic acids is 1. The summed E-state index contributed by atoms with van der Waals surface area (Å²) in [5.74, 6) is -0.636. The summed E-state index contributed by atoms with van der Waals surface area (Å²) in [5.41, 5.74) is 1.40. The highest BCUT2D eigenvalue weighted by Crippen LogP contribution is 2.33. The normalized spacial score (nSPS) is 13.0. The van der Waals surface area contributed by atoms with Gasteiger partial charge in [-0.25, -0.2) is 4.79 Å². The second-order valence-electron chi connectivity index (χ2n) is 5.49. The molecule has 0 saturated carbocycles. The summed E-state index contributed by atoms with van der Waals surface area (Å²) in [6.45, 7) is 2.78. The van der Waals surface area contributed by atoms with Crippen molar-refractivity contribution in [1.82, 2.24) is 0 Å². The molecule has 0 atom stereocenters. The summed E-state index contributed by atoms with van der Waals surface area (Å²) < 4.78 is 11.2. The molecule has 2 N–H and O–H groups in total. The highest BCUT2D eigenvalue weighted by molar-refractivity contribution is 6.09. The van der Waals surface area contributed by atoms with Gasteiger partial charge in [-0.15, -0.1) is 0 Å². The molecule has 24 heavy (non-hydrogen) atoms. The molecule has 6 nitrogen and oxygen atoms in total. The minimum absolute atomic E-state index is 0.0440. The van der Waals surface area contributed by atoms with Crippen molar-refractivity contribution in [3.8, 4) is 11.5 Å². The first kappa shape index (κ1) is 15.9. The largest absolute Gasteiger partial charge is 0.490 e. The number of anilines is 1. The van der Waals surface area contributed by atoms with E-state index in [9.17, 15) is 14.7 Å². The number of benzene rings is 2. The number of hydrogen-bond donors (Lipinski definition) is 2. The fraction of sp³-hybridized carbons (Fsp3) is 0.222.